The van der Waals surface area contributed by atoms with Gasteiger partial charge in [0, 0.05) is 19.6 Å². The average molecular weight is 562 g/mol. The molecule has 1 saturated heterocycles. The molecule has 1 heterocycles. The molecule has 222 valence electrons. The molecule has 18 nitrogen and oxygen atoms in total. The number of hydroxylamine groups is 3. The quantitative estimate of drug-likeness (QED) is 0.0789. The van der Waals surface area contributed by atoms with E-state index < -0.39 is 73.2 Å². The van der Waals surface area contributed by atoms with Crippen LogP contribution < -0.4 is 48.3 Å². The summed E-state index contributed by atoms with van der Waals surface area (Å²) in [6.07, 6.45) is 0.966. The van der Waals surface area contributed by atoms with Crippen molar-refractivity contribution >= 4 is 35.4 Å². The maximum Gasteiger partial charge on any atom is 0.243 e. The van der Waals surface area contributed by atoms with Crippen LogP contribution in [-0.4, -0.2) is 108 Å². The number of hydrogen-bond donors (Lipinski definition) is 12. The molecule has 39 heavy (non-hydrogen) atoms. The van der Waals surface area contributed by atoms with Crippen molar-refractivity contribution < 1.29 is 44.4 Å². The van der Waals surface area contributed by atoms with Crippen molar-refractivity contribution in [2.24, 2.45) is 0 Å². The lowest BCUT2D eigenvalue weighted by molar-refractivity contribution is -0.134. The summed E-state index contributed by atoms with van der Waals surface area (Å²) in [6.45, 7) is -1.14. The van der Waals surface area contributed by atoms with Gasteiger partial charge in [-0.2, -0.15) is 0 Å². The van der Waals surface area contributed by atoms with E-state index in [1.165, 1.54) is 0 Å². The van der Waals surface area contributed by atoms with Crippen molar-refractivity contribution in [2.45, 2.75) is 56.7 Å². The molecule has 6 amide bonds. The van der Waals surface area contributed by atoms with Gasteiger partial charge in [0.25, 0.3) is 0 Å². The SMILES string of the molecule is O=C1CNC(=O)CNC(=O)C(CCCNO)NC(=O)C(CCCNO)NC(=O)C(CCCNO)NC(=O)CN1. The zero-order chi connectivity index (χ0) is 29.0. The predicted octanol–water partition coefficient (Wildman–Crippen LogP) is -4.92. The normalized spacial score (nSPS) is 22.4. The number of carbonyl (C=O) groups is 6. The second kappa shape index (κ2) is 19.6. The van der Waals surface area contributed by atoms with Gasteiger partial charge in [-0.3, -0.25) is 28.8 Å². The third kappa shape index (κ3) is 14.3. The molecule has 1 aliphatic heterocycles. The highest BCUT2D eigenvalue weighted by Gasteiger charge is 2.29. The van der Waals surface area contributed by atoms with E-state index in [0.29, 0.717) is 0 Å². The fraction of sp³-hybridized carbons (Fsp3) is 0.714. The molecule has 0 aliphatic carbocycles. The first-order valence-corrected chi connectivity index (χ1v) is 12.5. The van der Waals surface area contributed by atoms with E-state index in [1.807, 2.05) is 16.4 Å². The fourth-order valence-electron chi connectivity index (χ4n) is 3.53. The molecule has 0 radical (unpaired) electrons. The maximum atomic E-state index is 13.2. The average Bonchev–Trinajstić information content (AvgIpc) is 2.91. The Hall–Kier alpha value is -3.42. The van der Waals surface area contributed by atoms with Crippen molar-refractivity contribution in [3.63, 3.8) is 0 Å². The summed E-state index contributed by atoms with van der Waals surface area (Å²) < 4.78 is 0. The highest BCUT2D eigenvalue weighted by Crippen LogP contribution is 2.05. The van der Waals surface area contributed by atoms with Gasteiger partial charge in [0.15, 0.2) is 0 Å². The first-order chi connectivity index (χ1) is 18.7. The predicted molar refractivity (Wildman–Crippen MR) is 132 cm³/mol. The first kappa shape index (κ1) is 33.6. The van der Waals surface area contributed by atoms with Crippen LogP contribution in [-0.2, 0) is 28.8 Å². The van der Waals surface area contributed by atoms with E-state index in [4.69, 9.17) is 15.6 Å². The molecule has 0 aromatic carbocycles. The number of hydrogen-bond acceptors (Lipinski definition) is 12. The van der Waals surface area contributed by atoms with Crippen LogP contribution in [0.4, 0.5) is 0 Å². The molecular weight excluding hydrogens is 522 g/mol. The Morgan fingerprint density at radius 3 is 1.31 bits per heavy atom. The standard InChI is InChI=1S/C21H39N9O9/c31-16-10-22-17(32)11-24-19(34)13(4-1-7-25-37)29-21(36)15(6-3-9-27-39)30-20(35)14(5-2-8-26-38)28-18(33)12-23-16/h13-15,25-27,37-39H,1-12H2,(H,22,32)(H,23,31)(H,24,34)(H,28,33)(H,29,36)(H,30,35). The molecule has 1 fully saturated rings. The second-order valence-electron chi connectivity index (χ2n) is 8.66. The summed E-state index contributed by atoms with van der Waals surface area (Å²) >= 11 is 0. The van der Waals surface area contributed by atoms with Gasteiger partial charge in [-0.25, -0.2) is 16.4 Å². The topological polar surface area (TPSA) is 271 Å². The van der Waals surface area contributed by atoms with Gasteiger partial charge < -0.3 is 47.5 Å². The molecule has 0 saturated carbocycles. The van der Waals surface area contributed by atoms with Crippen LogP contribution in [0.15, 0.2) is 0 Å². The Kier molecular flexibility index (Phi) is 16.9. The number of rotatable bonds is 12. The highest BCUT2D eigenvalue weighted by atomic mass is 16.5. The van der Waals surface area contributed by atoms with Gasteiger partial charge in [-0.1, -0.05) is 0 Å². The lowest BCUT2D eigenvalue weighted by atomic mass is 10.1. The third-order valence-corrected chi connectivity index (χ3v) is 5.58. The van der Waals surface area contributed by atoms with Crippen molar-refractivity contribution in [2.75, 3.05) is 39.3 Å². The summed E-state index contributed by atoms with van der Waals surface area (Å²) in [5.74, 6) is -4.23. The fourth-order valence-corrected chi connectivity index (χ4v) is 3.53. The Morgan fingerprint density at radius 1 is 0.513 bits per heavy atom. The van der Waals surface area contributed by atoms with Crippen LogP contribution >= 0.6 is 0 Å². The van der Waals surface area contributed by atoms with Crippen LogP contribution in [0.1, 0.15) is 38.5 Å². The zero-order valence-electron chi connectivity index (χ0n) is 21.5. The van der Waals surface area contributed by atoms with Gasteiger partial charge in [-0.05, 0) is 38.5 Å². The van der Waals surface area contributed by atoms with Crippen LogP contribution in [0.2, 0.25) is 0 Å². The molecule has 1 rings (SSSR count). The van der Waals surface area contributed by atoms with Crippen LogP contribution in [0.3, 0.4) is 0 Å². The van der Waals surface area contributed by atoms with Gasteiger partial charge in [0.05, 0.1) is 19.6 Å². The van der Waals surface area contributed by atoms with Crippen LogP contribution in [0.25, 0.3) is 0 Å². The summed E-state index contributed by atoms with van der Waals surface area (Å²) in [4.78, 5) is 75.4. The molecule has 18 heteroatoms. The third-order valence-electron chi connectivity index (χ3n) is 5.58. The number of carbonyl (C=O) groups excluding carboxylic acids is 6. The Balaban J connectivity index is 3.20. The van der Waals surface area contributed by atoms with Crippen molar-refractivity contribution in [3.05, 3.63) is 0 Å². The van der Waals surface area contributed by atoms with E-state index >= 15 is 0 Å². The Bertz CT molecular complexity index is 823. The molecule has 0 aromatic heterocycles. The number of nitrogens with one attached hydrogen (secondary N) is 9. The second-order valence-corrected chi connectivity index (χ2v) is 8.66. The zero-order valence-corrected chi connectivity index (χ0v) is 21.5. The molecule has 0 bridgehead atoms. The lowest BCUT2D eigenvalue weighted by Gasteiger charge is -2.25. The van der Waals surface area contributed by atoms with Crippen LogP contribution in [0, 0.1) is 0 Å². The van der Waals surface area contributed by atoms with E-state index in [0.717, 1.165) is 0 Å². The van der Waals surface area contributed by atoms with Gasteiger partial charge in [-0.15, -0.1) is 0 Å². The smallest absolute Gasteiger partial charge is 0.243 e. The lowest BCUT2D eigenvalue weighted by Crippen LogP contribution is -2.58. The van der Waals surface area contributed by atoms with Crippen molar-refractivity contribution in [3.8, 4) is 0 Å². The van der Waals surface area contributed by atoms with E-state index in [1.54, 1.807) is 0 Å². The summed E-state index contributed by atoms with van der Waals surface area (Å²) in [5.41, 5.74) is 5.83. The van der Waals surface area contributed by atoms with E-state index in [-0.39, 0.29) is 58.2 Å². The van der Waals surface area contributed by atoms with Gasteiger partial charge >= 0.3 is 0 Å². The molecule has 0 spiro atoms. The maximum absolute atomic E-state index is 13.2. The summed E-state index contributed by atoms with van der Waals surface area (Å²) in [7, 11) is 0. The van der Waals surface area contributed by atoms with Crippen LogP contribution in [0.5, 0.6) is 0 Å². The molecule has 12 N–H and O–H groups in total. The van der Waals surface area contributed by atoms with Crippen molar-refractivity contribution in [1.82, 2.24) is 48.3 Å². The molecular formula is C21H39N9O9. The van der Waals surface area contributed by atoms with E-state index in [9.17, 15) is 28.8 Å². The highest BCUT2D eigenvalue weighted by molar-refractivity contribution is 5.96. The van der Waals surface area contributed by atoms with E-state index in [2.05, 4.69) is 31.9 Å². The minimum atomic E-state index is -1.17. The molecule has 0 aromatic rings. The largest absolute Gasteiger partial charge is 0.346 e. The monoisotopic (exact) mass is 561 g/mol. The Labute approximate surface area is 224 Å². The summed E-state index contributed by atoms with van der Waals surface area (Å²) in [5, 5.41) is 41.1. The first-order valence-electron chi connectivity index (χ1n) is 12.5. The number of amides is 6. The Morgan fingerprint density at radius 2 is 0.872 bits per heavy atom. The van der Waals surface area contributed by atoms with Crippen molar-refractivity contribution in [1.29, 1.82) is 0 Å². The molecule has 3 unspecified atom stereocenters. The minimum Gasteiger partial charge on any atom is -0.346 e. The van der Waals surface area contributed by atoms with Gasteiger partial charge in [0.1, 0.15) is 18.1 Å². The molecule has 3 atom stereocenters. The molecule has 1 aliphatic rings. The van der Waals surface area contributed by atoms with Gasteiger partial charge in [0.2, 0.25) is 35.4 Å². The summed E-state index contributed by atoms with van der Waals surface area (Å²) in [6, 6.07) is -3.45. The minimum absolute atomic E-state index is 0.0506.